The molecule has 0 bridgehead atoms. The summed E-state index contributed by atoms with van der Waals surface area (Å²) in [7, 11) is 0. The summed E-state index contributed by atoms with van der Waals surface area (Å²) in [6.45, 7) is 4.16. The molecule has 0 spiro atoms. The van der Waals surface area contributed by atoms with Gasteiger partial charge in [-0.1, -0.05) is 30.3 Å². The second-order valence-corrected chi connectivity index (χ2v) is 7.75. The third kappa shape index (κ3) is 4.68. The lowest BCUT2D eigenvalue weighted by Crippen LogP contribution is -2.32. The van der Waals surface area contributed by atoms with Gasteiger partial charge in [-0.25, -0.2) is 9.99 Å². The standard InChI is InChI=1S/C24H27N7/c1-2-9-22-20(8-1)21(17-27-22)18-6-3-7-19(16-18)29-24-26-13-10-23(30-24)25-11-4-14-31-15-5-12-28-31/h1-3,6-10,13,16-17,27-28H,4-5,11-12,14-15H2,(H2,25,26,29,30). The van der Waals surface area contributed by atoms with Crippen LogP contribution < -0.4 is 16.1 Å². The lowest BCUT2D eigenvalue weighted by Gasteiger charge is -2.15. The Morgan fingerprint density at radius 1 is 1.06 bits per heavy atom. The Morgan fingerprint density at radius 3 is 2.97 bits per heavy atom. The van der Waals surface area contributed by atoms with Gasteiger partial charge in [0.15, 0.2) is 0 Å². The molecule has 1 fully saturated rings. The largest absolute Gasteiger partial charge is 0.370 e. The Kier molecular flexibility index (Phi) is 5.77. The zero-order valence-corrected chi connectivity index (χ0v) is 17.4. The first-order valence-corrected chi connectivity index (χ1v) is 10.8. The molecule has 0 atom stereocenters. The van der Waals surface area contributed by atoms with Crippen LogP contribution in [0.3, 0.4) is 0 Å². The fourth-order valence-corrected chi connectivity index (χ4v) is 3.98. The summed E-state index contributed by atoms with van der Waals surface area (Å²) in [5, 5.41) is 10.2. The lowest BCUT2D eigenvalue weighted by atomic mass is 10.0. The van der Waals surface area contributed by atoms with Crippen LogP contribution in [0, 0.1) is 0 Å². The molecule has 1 saturated heterocycles. The molecule has 0 aliphatic carbocycles. The molecule has 1 aliphatic heterocycles. The number of benzene rings is 2. The molecular weight excluding hydrogens is 386 g/mol. The van der Waals surface area contributed by atoms with Crippen molar-refractivity contribution in [3.8, 4) is 11.1 Å². The van der Waals surface area contributed by atoms with Crippen LogP contribution in [0.5, 0.6) is 0 Å². The molecule has 31 heavy (non-hydrogen) atoms. The van der Waals surface area contributed by atoms with E-state index in [0.717, 1.165) is 55.2 Å². The Labute approximate surface area is 181 Å². The summed E-state index contributed by atoms with van der Waals surface area (Å²) in [6, 6.07) is 18.6. The van der Waals surface area contributed by atoms with Crippen LogP contribution in [-0.2, 0) is 0 Å². The van der Waals surface area contributed by atoms with Gasteiger partial charge >= 0.3 is 0 Å². The first-order chi connectivity index (χ1) is 15.3. The number of hydrazine groups is 1. The van der Waals surface area contributed by atoms with Gasteiger partial charge in [-0.15, -0.1) is 0 Å². The van der Waals surface area contributed by atoms with Crippen LogP contribution in [0.15, 0.2) is 67.0 Å². The normalized spacial score (nSPS) is 14.2. The van der Waals surface area contributed by atoms with Crippen molar-refractivity contribution in [1.29, 1.82) is 0 Å². The molecule has 2 aromatic heterocycles. The van der Waals surface area contributed by atoms with Gasteiger partial charge in [0.1, 0.15) is 5.82 Å². The molecule has 0 unspecified atom stereocenters. The fourth-order valence-electron chi connectivity index (χ4n) is 3.98. The molecule has 158 valence electrons. The van der Waals surface area contributed by atoms with E-state index in [4.69, 9.17) is 0 Å². The molecule has 3 heterocycles. The molecule has 4 aromatic rings. The lowest BCUT2D eigenvalue weighted by molar-refractivity contribution is 0.253. The van der Waals surface area contributed by atoms with Crippen LogP contribution in [-0.4, -0.2) is 46.1 Å². The number of rotatable bonds is 8. The Hall–Kier alpha value is -3.42. The van der Waals surface area contributed by atoms with Crippen LogP contribution in [0.4, 0.5) is 17.5 Å². The summed E-state index contributed by atoms with van der Waals surface area (Å²) in [6.07, 6.45) is 6.13. The van der Waals surface area contributed by atoms with Gasteiger partial charge in [0, 0.05) is 60.7 Å². The van der Waals surface area contributed by atoms with E-state index in [0.29, 0.717) is 5.95 Å². The summed E-state index contributed by atoms with van der Waals surface area (Å²) < 4.78 is 0. The first kappa shape index (κ1) is 19.5. The highest BCUT2D eigenvalue weighted by molar-refractivity contribution is 5.96. The zero-order valence-electron chi connectivity index (χ0n) is 17.4. The molecule has 7 nitrogen and oxygen atoms in total. The van der Waals surface area contributed by atoms with E-state index in [2.05, 4.69) is 72.5 Å². The van der Waals surface area contributed by atoms with Crippen LogP contribution in [0.2, 0.25) is 0 Å². The predicted octanol–water partition coefficient (Wildman–Crippen LogP) is 4.38. The van der Waals surface area contributed by atoms with E-state index in [1.165, 1.54) is 17.4 Å². The summed E-state index contributed by atoms with van der Waals surface area (Å²) in [4.78, 5) is 12.3. The third-order valence-electron chi connectivity index (χ3n) is 5.53. The SMILES string of the molecule is c1cc(Nc2nccc(NCCCN3CCCN3)n2)cc(-c2c[nH]c3ccccc23)c1. The number of H-pyrrole nitrogens is 1. The fraction of sp³-hybridized carbons (Fsp3) is 0.250. The van der Waals surface area contributed by atoms with Crippen LogP contribution >= 0.6 is 0 Å². The Balaban J connectivity index is 1.24. The Bertz CT molecular complexity index is 1150. The van der Waals surface area contributed by atoms with Crippen molar-refractivity contribution >= 4 is 28.4 Å². The maximum atomic E-state index is 4.61. The van der Waals surface area contributed by atoms with Gasteiger partial charge in [0.05, 0.1) is 0 Å². The van der Waals surface area contributed by atoms with Crippen molar-refractivity contribution in [2.75, 3.05) is 36.8 Å². The topological polar surface area (TPSA) is 80.9 Å². The number of aromatic amines is 1. The molecule has 7 heteroatoms. The number of para-hydroxylation sites is 1. The molecule has 4 N–H and O–H groups in total. The maximum absolute atomic E-state index is 4.61. The predicted molar refractivity (Wildman–Crippen MR) is 126 cm³/mol. The van der Waals surface area contributed by atoms with Crippen molar-refractivity contribution in [3.05, 3.63) is 67.0 Å². The average molecular weight is 414 g/mol. The van der Waals surface area contributed by atoms with Crippen molar-refractivity contribution in [2.45, 2.75) is 12.8 Å². The van der Waals surface area contributed by atoms with Gasteiger partial charge in [-0.05, 0) is 42.7 Å². The number of aromatic nitrogens is 3. The zero-order chi connectivity index (χ0) is 20.9. The van der Waals surface area contributed by atoms with E-state index < -0.39 is 0 Å². The summed E-state index contributed by atoms with van der Waals surface area (Å²) in [5.74, 6) is 1.42. The number of nitrogens with one attached hydrogen (secondary N) is 4. The number of anilines is 3. The minimum atomic E-state index is 0.585. The molecule has 0 amide bonds. The number of hydrogen-bond donors (Lipinski definition) is 4. The quantitative estimate of drug-likeness (QED) is 0.321. The summed E-state index contributed by atoms with van der Waals surface area (Å²) >= 11 is 0. The molecule has 0 radical (unpaired) electrons. The maximum Gasteiger partial charge on any atom is 0.229 e. The smallest absolute Gasteiger partial charge is 0.229 e. The van der Waals surface area contributed by atoms with E-state index in [1.54, 1.807) is 6.20 Å². The van der Waals surface area contributed by atoms with Crippen LogP contribution in [0.1, 0.15) is 12.8 Å². The Morgan fingerprint density at radius 2 is 2.03 bits per heavy atom. The highest BCUT2D eigenvalue weighted by Crippen LogP contribution is 2.30. The third-order valence-corrected chi connectivity index (χ3v) is 5.53. The number of hydrogen-bond acceptors (Lipinski definition) is 6. The first-order valence-electron chi connectivity index (χ1n) is 10.8. The van der Waals surface area contributed by atoms with Gasteiger partial charge in [-0.2, -0.15) is 4.98 Å². The van der Waals surface area contributed by atoms with E-state index in [-0.39, 0.29) is 0 Å². The second-order valence-electron chi connectivity index (χ2n) is 7.75. The second kappa shape index (κ2) is 9.16. The molecule has 1 aliphatic rings. The average Bonchev–Trinajstić information content (AvgIpc) is 3.47. The number of nitrogens with zero attached hydrogens (tertiary/aromatic N) is 3. The highest BCUT2D eigenvalue weighted by atomic mass is 15.5. The van der Waals surface area contributed by atoms with Gasteiger partial charge in [-0.3, -0.25) is 5.43 Å². The van der Waals surface area contributed by atoms with Gasteiger partial charge in [0.2, 0.25) is 5.95 Å². The summed E-state index contributed by atoms with van der Waals surface area (Å²) in [5.41, 5.74) is 7.81. The highest BCUT2D eigenvalue weighted by Gasteiger charge is 2.10. The molecular formula is C24H27N7. The number of fused-ring (bicyclic) bond motifs is 1. The van der Waals surface area contributed by atoms with Crippen molar-refractivity contribution < 1.29 is 0 Å². The molecule has 2 aromatic carbocycles. The van der Waals surface area contributed by atoms with Crippen molar-refractivity contribution in [1.82, 2.24) is 25.4 Å². The van der Waals surface area contributed by atoms with Crippen molar-refractivity contribution in [3.63, 3.8) is 0 Å². The van der Waals surface area contributed by atoms with Crippen molar-refractivity contribution in [2.24, 2.45) is 0 Å². The molecule has 5 rings (SSSR count). The molecule has 0 saturated carbocycles. The van der Waals surface area contributed by atoms with E-state index in [9.17, 15) is 0 Å². The van der Waals surface area contributed by atoms with E-state index in [1.807, 2.05) is 24.3 Å². The monoisotopic (exact) mass is 413 g/mol. The van der Waals surface area contributed by atoms with Gasteiger partial charge in [0.25, 0.3) is 0 Å². The minimum Gasteiger partial charge on any atom is -0.370 e. The minimum absolute atomic E-state index is 0.585. The van der Waals surface area contributed by atoms with E-state index >= 15 is 0 Å². The van der Waals surface area contributed by atoms with Crippen LogP contribution in [0.25, 0.3) is 22.0 Å². The van der Waals surface area contributed by atoms with Gasteiger partial charge < -0.3 is 15.6 Å².